The summed E-state index contributed by atoms with van der Waals surface area (Å²) in [6.45, 7) is 0. The largest absolute Gasteiger partial charge is 0.309 e. The van der Waals surface area contributed by atoms with Gasteiger partial charge in [-0.05, 0) is 228 Å². The topological polar surface area (TPSA) is 112 Å². The first-order valence-corrected chi connectivity index (χ1v) is 49.0. The minimum Gasteiger partial charge on any atom is -0.309 e. The molecular weight excluding hydrogens is 1770 g/mol. The van der Waals surface area contributed by atoms with Gasteiger partial charge in [0.15, 0.2) is 11.6 Å². The molecule has 30 rings (SSSR count). The van der Waals surface area contributed by atoms with Crippen molar-refractivity contribution in [3.8, 4) is 108 Å². The van der Waals surface area contributed by atoms with Crippen LogP contribution in [0.15, 0.2) is 516 Å². The molecule has 0 aliphatic carbocycles. The number of pyridine rings is 2. The van der Waals surface area contributed by atoms with Gasteiger partial charge in [-0.25, -0.2) is 15.0 Å². The van der Waals surface area contributed by atoms with Gasteiger partial charge in [-0.3, -0.25) is 18.7 Å². The van der Waals surface area contributed by atoms with Gasteiger partial charge in [0.25, 0.3) is 0 Å². The zero-order valence-electron chi connectivity index (χ0n) is 78.4. The van der Waals surface area contributed by atoms with Crippen LogP contribution >= 0.6 is 0 Å². The summed E-state index contributed by atoms with van der Waals surface area (Å²) in [7, 11) is 0. The van der Waals surface area contributed by atoms with E-state index in [4.69, 9.17) is 19.9 Å². The lowest BCUT2D eigenvalue weighted by Gasteiger charge is -2.12. The van der Waals surface area contributed by atoms with Crippen molar-refractivity contribution in [2.24, 2.45) is 0 Å². The van der Waals surface area contributed by atoms with E-state index >= 15 is 0 Å². The molecule has 0 saturated heterocycles. The second kappa shape index (κ2) is 34.7. The first-order valence-electron chi connectivity index (χ1n) is 49.0. The molecule has 0 N–H and O–H groups in total. The fraction of sp³-hybridized carbons (Fsp3) is 0. The van der Waals surface area contributed by atoms with Crippen molar-refractivity contribution in [2.45, 2.75) is 0 Å². The van der Waals surface area contributed by atoms with Gasteiger partial charge < -0.3 is 18.3 Å². The maximum Gasteiger partial charge on any atom is 0.238 e. The van der Waals surface area contributed by atoms with E-state index < -0.39 is 0 Å². The zero-order valence-corrected chi connectivity index (χ0v) is 78.4. The molecule has 678 valence electrons. The Hall–Kier alpha value is -19.8. The number of para-hydroxylation sites is 11. The van der Waals surface area contributed by atoms with Crippen LogP contribution in [0.3, 0.4) is 0 Å². The Kier molecular flexibility index (Phi) is 20.0. The summed E-state index contributed by atoms with van der Waals surface area (Å²) in [5, 5.41) is 17.0. The third kappa shape index (κ3) is 14.1. The maximum absolute atomic E-state index is 5.10. The van der Waals surface area contributed by atoms with E-state index in [1.807, 2.05) is 97.5 Å². The molecule has 0 unspecified atom stereocenters. The predicted octanol–water partition coefficient (Wildman–Crippen LogP) is 33.1. The SMILES string of the molecule is c1ccc(-c2nc(-c3ccccc3)nc(-n3c4ccccc4c4cc(-c5ccc6c(c5)c5ccccc5n6-c5ccccn5)ccc43)n2)cc1.c1ccc(-n2c(-c3ccc(-n4c5ccccc5c5cc(-c6ccc7c(c6)c6ccccc6n7-c6ccccc6)ccc54)cc3)nc3ccccc32)cc1.c1ccc(-n2c3ccccc3c3cc(-c4ccc5c(c4)c4ccccc4n5-c4cncc5ccccc45)ccc32)cc1. The molecule has 0 radical (unpaired) electrons. The number of aromatic nitrogens is 13. The summed E-state index contributed by atoms with van der Waals surface area (Å²) < 4.78 is 16.1. The van der Waals surface area contributed by atoms with Gasteiger partial charge in [0.05, 0.1) is 89.1 Å². The highest BCUT2D eigenvalue weighted by Crippen LogP contribution is 2.46. The van der Waals surface area contributed by atoms with Crippen LogP contribution in [0.5, 0.6) is 0 Å². The van der Waals surface area contributed by atoms with E-state index in [1.165, 1.54) is 137 Å². The average molecular weight is 1850 g/mol. The molecule has 0 atom stereocenters. The Labute approximate surface area is 832 Å². The van der Waals surface area contributed by atoms with E-state index in [0.29, 0.717) is 17.6 Å². The summed E-state index contributed by atoms with van der Waals surface area (Å²) in [6, 6.07) is 177. The van der Waals surface area contributed by atoms with Gasteiger partial charge in [-0.15, -0.1) is 0 Å². The summed E-state index contributed by atoms with van der Waals surface area (Å²) in [4.78, 5) is 29.5. The van der Waals surface area contributed by atoms with Crippen molar-refractivity contribution in [1.82, 2.24) is 61.9 Å². The Balaban J connectivity index is 0.000000106. The standard InChI is InChI=1S/C49H32N4.C44H28N6.C39H25N3/c1-3-13-36(14-4-1)51-44-20-10-7-17-39(44)41-31-34(25-29-46(41)51)35-26-30-47-42(32-35)40-18-8-11-21-45(40)52(47)38-27-23-33(24-28-38)49-50-43-19-9-12-22-48(43)53(49)37-15-5-2-6-16-37;1-3-13-29(14-4-1)42-46-43(30-15-5-2-6-16-30)48-44(47-42)50-38-20-10-8-18-34(38)36-28-32(23-25-40(36)50)31-22-24-39-35(27-31)33-17-7-9-19-37(33)49(39)41-21-11-12-26-45-41;1-2-11-29(12-3-1)41-35-16-8-6-14-31(35)33-22-26(18-20-37(33)41)27-19-21-38-34(23-27)32-15-7-9-17-36(32)42(38)39-25-40-24-28-10-4-5-13-30(28)39/h1-32H;1-28H;1-25H. The molecule has 0 fully saturated rings. The van der Waals surface area contributed by atoms with E-state index in [2.05, 4.69) is 461 Å². The van der Waals surface area contributed by atoms with E-state index in [0.717, 1.165) is 106 Å². The summed E-state index contributed by atoms with van der Waals surface area (Å²) in [6.07, 6.45) is 5.77. The predicted molar refractivity (Wildman–Crippen MR) is 599 cm³/mol. The van der Waals surface area contributed by atoms with Gasteiger partial charge in [0, 0.05) is 127 Å². The molecule has 10 heterocycles. The molecule has 30 aromatic rings. The van der Waals surface area contributed by atoms with E-state index in [-0.39, 0.29) is 0 Å². The van der Waals surface area contributed by atoms with Crippen molar-refractivity contribution in [3.05, 3.63) is 516 Å². The highest BCUT2D eigenvalue weighted by molar-refractivity contribution is 6.18. The minimum atomic E-state index is 0.584. The second-order valence-electron chi connectivity index (χ2n) is 36.9. The Morgan fingerprint density at radius 1 is 0.166 bits per heavy atom. The van der Waals surface area contributed by atoms with Crippen molar-refractivity contribution in [2.75, 3.05) is 0 Å². The van der Waals surface area contributed by atoms with Crippen LogP contribution in [0.2, 0.25) is 0 Å². The van der Waals surface area contributed by atoms with Crippen LogP contribution in [0.25, 0.3) is 260 Å². The van der Waals surface area contributed by atoms with Crippen LogP contribution in [0.4, 0.5) is 0 Å². The zero-order chi connectivity index (χ0) is 95.5. The Bertz CT molecular complexity index is 10300. The van der Waals surface area contributed by atoms with Gasteiger partial charge in [0.1, 0.15) is 11.6 Å². The summed E-state index contributed by atoms with van der Waals surface area (Å²) >= 11 is 0. The molecule has 10 aromatic heterocycles. The van der Waals surface area contributed by atoms with Crippen molar-refractivity contribution in [3.63, 3.8) is 0 Å². The first kappa shape index (κ1) is 83.4. The highest BCUT2D eigenvalue weighted by atomic mass is 15.2. The number of nitrogens with zero attached hydrogens (tertiary/aromatic N) is 13. The van der Waals surface area contributed by atoms with Crippen LogP contribution in [0, 0.1) is 0 Å². The van der Waals surface area contributed by atoms with Crippen LogP contribution < -0.4 is 0 Å². The molecule has 0 bridgehead atoms. The number of hydrogen-bond donors (Lipinski definition) is 0. The number of benzene rings is 20. The number of fused-ring (bicyclic) bond motifs is 20. The fourth-order valence-corrected chi connectivity index (χ4v) is 22.1. The minimum absolute atomic E-state index is 0.584. The molecule has 0 aliphatic rings. The van der Waals surface area contributed by atoms with Crippen molar-refractivity contribution < 1.29 is 0 Å². The summed E-state index contributed by atoms with van der Waals surface area (Å²) in [5.74, 6) is 3.69. The molecule has 0 saturated carbocycles. The molecule has 0 aliphatic heterocycles. The van der Waals surface area contributed by atoms with Gasteiger partial charge >= 0.3 is 0 Å². The Morgan fingerprint density at radius 2 is 0.462 bits per heavy atom. The van der Waals surface area contributed by atoms with E-state index in [9.17, 15) is 0 Å². The molecule has 20 aromatic carbocycles. The highest BCUT2D eigenvalue weighted by Gasteiger charge is 2.26. The quantitative estimate of drug-likeness (QED) is 0.114. The normalized spacial score (nSPS) is 11.7. The second-order valence-corrected chi connectivity index (χ2v) is 36.9. The number of hydrogen-bond acceptors (Lipinski definition) is 6. The maximum atomic E-state index is 5.10. The molecule has 145 heavy (non-hydrogen) atoms. The van der Waals surface area contributed by atoms with Crippen LogP contribution in [0.1, 0.15) is 0 Å². The lowest BCUT2D eigenvalue weighted by Crippen LogP contribution is -2.06. The number of rotatable bonds is 13. The summed E-state index contributed by atoms with van der Waals surface area (Å²) in [5.41, 5.74) is 31.7. The monoisotopic (exact) mass is 1850 g/mol. The van der Waals surface area contributed by atoms with Gasteiger partial charge in [-0.2, -0.15) is 9.97 Å². The lowest BCUT2D eigenvalue weighted by molar-refractivity contribution is 0.953. The lowest BCUT2D eigenvalue weighted by atomic mass is 10.0. The average Bonchev–Trinajstić information content (AvgIpc) is 1.51. The third-order valence-electron chi connectivity index (χ3n) is 28.7. The smallest absolute Gasteiger partial charge is 0.238 e. The van der Waals surface area contributed by atoms with E-state index in [1.54, 1.807) is 0 Å². The molecule has 0 amide bonds. The van der Waals surface area contributed by atoms with Crippen molar-refractivity contribution in [1.29, 1.82) is 0 Å². The van der Waals surface area contributed by atoms with Crippen LogP contribution in [-0.4, -0.2) is 61.9 Å². The van der Waals surface area contributed by atoms with Gasteiger partial charge in [-0.1, -0.05) is 303 Å². The fourth-order valence-electron chi connectivity index (χ4n) is 22.1. The molecule has 13 nitrogen and oxygen atoms in total. The first-order chi connectivity index (χ1) is 71.9. The van der Waals surface area contributed by atoms with Gasteiger partial charge in [0.2, 0.25) is 5.95 Å². The van der Waals surface area contributed by atoms with Crippen LogP contribution in [-0.2, 0) is 0 Å². The molecule has 0 spiro atoms. The number of imidazole rings is 1. The third-order valence-corrected chi connectivity index (χ3v) is 28.7. The molecule has 13 heteroatoms. The Morgan fingerprint density at radius 3 is 0.869 bits per heavy atom. The molecular formula is C132H85N13. The van der Waals surface area contributed by atoms with Crippen molar-refractivity contribution >= 4 is 153 Å².